The van der Waals surface area contributed by atoms with Gasteiger partial charge in [0.25, 0.3) is 0 Å². The molecule has 1 aromatic heterocycles. The lowest BCUT2D eigenvalue weighted by Crippen LogP contribution is -2.37. The maximum absolute atomic E-state index is 12.0. The van der Waals surface area contributed by atoms with E-state index in [1.165, 1.54) is 6.92 Å². The maximum Gasteiger partial charge on any atom is 0.238 e. The molecule has 5 nitrogen and oxygen atoms in total. The lowest BCUT2D eigenvalue weighted by atomic mass is 10.1. The van der Waals surface area contributed by atoms with Crippen LogP contribution in [0.5, 0.6) is 0 Å². The summed E-state index contributed by atoms with van der Waals surface area (Å²) >= 11 is 0. The Balaban J connectivity index is 2.53. The minimum absolute atomic E-state index is 0.0312. The fourth-order valence-corrected chi connectivity index (χ4v) is 2.55. The van der Waals surface area contributed by atoms with E-state index in [2.05, 4.69) is 5.43 Å². The average molecular weight is 273 g/mol. The highest BCUT2D eigenvalue weighted by atomic mass is 16.2. The molecule has 0 saturated carbocycles. The summed E-state index contributed by atoms with van der Waals surface area (Å²) in [7, 11) is 5.37. The first-order valence-corrected chi connectivity index (χ1v) is 6.46. The van der Waals surface area contributed by atoms with Gasteiger partial charge in [-0.15, -0.1) is 0 Å². The number of ketones is 1. The molecule has 0 unspecified atom stereocenters. The van der Waals surface area contributed by atoms with Crippen molar-refractivity contribution in [2.24, 2.45) is 7.05 Å². The van der Waals surface area contributed by atoms with Crippen molar-refractivity contribution < 1.29 is 9.59 Å². The highest BCUT2D eigenvalue weighted by Crippen LogP contribution is 2.26. The molecule has 1 heterocycles. The molecule has 0 atom stereocenters. The number of carbonyl (C=O) groups is 2. The smallest absolute Gasteiger partial charge is 0.238 e. The van der Waals surface area contributed by atoms with Gasteiger partial charge in [0.2, 0.25) is 5.91 Å². The third-order valence-electron chi connectivity index (χ3n) is 3.23. The molecule has 2 aromatic rings. The van der Waals surface area contributed by atoms with E-state index >= 15 is 0 Å². The van der Waals surface area contributed by atoms with E-state index in [1.807, 2.05) is 35.9 Å². The molecule has 106 valence electrons. The van der Waals surface area contributed by atoms with Crippen molar-refractivity contribution in [2.75, 3.05) is 14.1 Å². The minimum Gasteiger partial charge on any atom is -0.341 e. The summed E-state index contributed by atoms with van der Waals surface area (Å²) in [6.07, 6.45) is 0.189. The topological polar surface area (TPSA) is 54.3 Å². The average Bonchev–Trinajstić information content (AvgIpc) is 2.62. The first-order valence-electron chi connectivity index (χ1n) is 6.46. The van der Waals surface area contributed by atoms with E-state index < -0.39 is 0 Å². The fraction of sp³-hybridized carbons (Fsp3) is 0.333. The van der Waals surface area contributed by atoms with Crippen LogP contribution in [0, 0.1) is 0 Å². The van der Waals surface area contributed by atoms with Gasteiger partial charge in [-0.3, -0.25) is 15.0 Å². The van der Waals surface area contributed by atoms with Gasteiger partial charge in [-0.25, -0.2) is 5.01 Å². The lowest BCUT2D eigenvalue weighted by Gasteiger charge is -2.12. The van der Waals surface area contributed by atoms with Gasteiger partial charge in [0.1, 0.15) is 0 Å². The maximum atomic E-state index is 12.0. The summed E-state index contributed by atoms with van der Waals surface area (Å²) < 4.78 is 1.86. The number of hydrazine groups is 1. The van der Waals surface area contributed by atoms with E-state index in [0.29, 0.717) is 5.69 Å². The van der Waals surface area contributed by atoms with Crippen LogP contribution in [0.15, 0.2) is 24.3 Å². The highest BCUT2D eigenvalue weighted by Gasteiger charge is 2.20. The van der Waals surface area contributed by atoms with Gasteiger partial charge in [-0.1, -0.05) is 18.2 Å². The Bertz CT molecular complexity index is 671. The van der Waals surface area contributed by atoms with Crippen LogP contribution >= 0.6 is 0 Å². The lowest BCUT2D eigenvalue weighted by molar-refractivity contribution is -0.124. The monoisotopic (exact) mass is 273 g/mol. The van der Waals surface area contributed by atoms with Crippen LogP contribution in [-0.2, 0) is 18.3 Å². The highest BCUT2D eigenvalue weighted by molar-refractivity contribution is 6.03. The number of hydrogen-bond acceptors (Lipinski definition) is 3. The number of nitrogens with one attached hydrogen (secondary N) is 1. The number of amides is 1. The molecule has 0 radical (unpaired) electrons. The molecule has 0 aliphatic carbocycles. The summed E-state index contributed by atoms with van der Waals surface area (Å²) in [5, 5.41) is 2.55. The number of aryl methyl sites for hydroxylation is 1. The summed E-state index contributed by atoms with van der Waals surface area (Å²) in [6, 6.07) is 7.74. The summed E-state index contributed by atoms with van der Waals surface area (Å²) in [5.41, 5.74) is 5.05. The Hall–Kier alpha value is -2.14. The van der Waals surface area contributed by atoms with Crippen LogP contribution in [0.1, 0.15) is 23.0 Å². The molecular formula is C15H19N3O2. The second kappa shape index (κ2) is 5.46. The molecule has 0 aliphatic rings. The summed E-state index contributed by atoms with van der Waals surface area (Å²) in [5.74, 6) is -0.162. The van der Waals surface area contributed by atoms with E-state index in [9.17, 15) is 9.59 Å². The standard InChI is InChI=1S/C15H19N3O2/c1-10(19)15-12(9-14(20)16-17(2)3)11-7-5-6-8-13(11)18(15)4/h5-8H,9H2,1-4H3,(H,16,20). The number of fused-ring (bicyclic) bond motifs is 1. The van der Waals surface area contributed by atoms with Crippen LogP contribution < -0.4 is 5.43 Å². The van der Waals surface area contributed by atoms with Gasteiger partial charge < -0.3 is 4.57 Å². The Labute approximate surface area is 118 Å². The van der Waals surface area contributed by atoms with Crippen molar-refractivity contribution in [2.45, 2.75) is 13.3 Å². The van der Waals surface area contributed by atoms with E-state index in [-0.39, 0.29) is 18.1 Å². The zero-order valence-corrected chi connectivity index (χ0v) is 12.2. The van der Waals surface area contributed by atoms with Gasteiger partial charge in [-0.05, 0) is 11.6 Å². The third kappa shape index (κ3) is 2.58. The summed E-state index contributed by atoms with van der Waals surface area (Å²) in [4.78, 5) is 23.9. The van der Waals surface area contributed by atoms with Crippen molar-refractivity contribution in [1.82, 2.24) is 15.0 Å². The van der Waals surface area contributed by atoms with Gasteiger partial charge in [-0.2, -0.15) is 0 Å². The second-order valence-electron chi connectivity index (χ2n) is 5.07. The Morgan fingerprint density at radius 2 is 1.90 bits per heavy atom. The third-order valence-corrected chi connectivity index (χ3v) is 3.23. The predicted octanol–water partition coefficient (Wildman–Crippen LogP) is 1.52. The number of aromatic nitrogens is 1. The summed E-state index contributed by atoms with van der Waals surface area (Å²) in [6.45, 7) is 1.53. The number of carbonyl (C=O) groups excluding carboxylic acids is 2. The largest absolute Gasteiger partial charge is 0.341 e. The first-order chi connectivity index (χ1) is 9.41. The van der Waals surface area contributed by atoms with E-state index in [0.717, 1.165) is 16.5 Å². The van der Waals surface area contributed by atoms with Gasteiger partial charge in [0, 0.05) is 39.0 Å². The molecule has 1 N–H and O–H groups in total. The number of benzene rings is 1. The Morgan fingerprint density at radius 1 is 1.25 bits per heavy atom. The van der Waals surface area contributed by atoms with Gasteiger partial charge in [0.15, 0.2) is 5.78 Å². The zero-order valence-electron chi connectivity index (χ0n) is 12.2. The Morgan fingerprint density at radius 3 is 2.50 bits per heavy atom. The number of Topliss-reactive ketones (excluding diaryl/α,β-unsaturated/α-hetero) is 1. The van der Waals surface area contributed by atoms with Gasteiger partial charge >= 0.3 is 0 Å². The molecule has 0 bridgehead atoms. The molecule has 1 aromatic carbocycles. The molecule has 20 heavy (non-hydrogen) atoms. The quantitative estimate of drug-likeness (QED) is 0.678. The normalized spacial score (nSPS) is 11.1. The van der Waals surface area contributed by atoms with Crippen molar-refractivity contribution in [3.05, 3.63) is 35.5 Å². The van der Waals surface area contributed by atoms with Crippen molar-refractivity contribution in [1.29, 1.82) is 0 Å². The zero-order chi connectivity index (χ0) is 14.9. The second-order valence-corrected chi connectivity index (χ2v) is 5.07. The molecule has 0 fully saturated rings. The molecule has 5 heteroatoms. The molecule has 0 spiro atoms. The van der Waals surface area contributed by atoms with Gasteiger partial charge in [0.05, 0.1) is 12.1 Å². The first kappa shape index (κ1) is 14.3. The van der Waals surface area contributed by atoms with Crippen molar-refractivity contribution in [3.63, 3.8) is 0 Å². The van der Waals surface area contributed by atoms with Crippen molar-refractivity contribution >= 4 is 22.6 Å². The number of hydrogen-bond donors (Lipinski definition) is 1. The van der Waals surface area contributed by atoms with Crippen LogP contribution in [-0.4, -0.2) is 35.4 Å². The van der Waals surface area contributed by atoms with Crippen LogP contribution in [0.4, 0.5) is 0 Å². The van der Waals surface area contributed by atoms with Crippen molar-refractivity contribution in [3.8, 4) is 0 Å². The fourth-order valence-electron chi connectivity index (χ4n) is 2.55. The molecular weight excluding hydrogens is 254 g/mol. The minimum atomic E-state index is -0.131. The van der Waals surface area contributed by atoms with E-state index in [1.54, 1.807) is 19.1 Å². The number of para-hydroxylation sites is 1. The van der Waals surface area contributed by atoms with Crippen LogP contribution in [0.2, 0.25) is 0 Å². The molecule has 0 aliphatic heterocycles. The number of nitrogens with zero attached hydrogens (tertiary/aromatic N) is 2. The molecule has 0 saturated heterocycles. The Kier molecular flexibility index (Phi) is 3.90. The van der Waals surface area contributed by atoms with Crippen LogP contribution in [0.3, 0.4) is 0 Å². The predicted molar refractivity (Wildman–Crippen MR) is 78.5 cm³/mol. The van der Waals surface area contributed by atoms with Crippen LogP contribution in [0.25, 0.3) is 10.9 Å². The van der Waals surface area contributed by atoms with E-state index in [4.69, 9.17) is 0 Å². The molecule has 1 amide bonds. The SMILES string of the molecule is CC(=O)c1c(CC(=O)NN(C)C)c2ccccc2n1C. The molecule has 2 rings (SSSR count). The number of rotatable bonds is 4.